The van der Waals surface area contributed by atoms with Crippen molar-refractivity contribution in [2.75, 3.05) is 33.9 Å². The van der Waals surface area contributed by atoms with Gasteiger partial charge < -0.3 is 23.8 Å². The zero-order valence-electron chi connectivity index (χ0n) is 15.2. The Kier molecular flexibility index (Phi) is 3.91. The number of benzene rings is 1. The van der Waals surface area contributed by atoms with Gasteiger partial charge in [0.2, 0.25) is 0 Å². The van der Waals surface area contributed by atoms with Gasteiger partial charge in [-0.25, -0.2) is 0 Å². The van der Waals surface area contributed by atoms with Crippen molar-refractivity contribution in [1.29, 1.82) is 0 Å². The fraction of sp³-hybridized carbons (Fsp3) is 0.600. The fourth-order valence-corrected chi connectivity index (χ4v) is 5.56. The van der Waals surface area contributed by atoms with Crippen LogP contribution in [0.5, 0.6) is 11.5 Å². The zero-order chi connectivity index (χ0) is 17.9. The quantitative estimate of drug-likeness (QED) is 0.649. The van der Waals surface area contributed by atoms with Crippen LogP contribution in [-0.2, 0) is 21.4 Å². The van der Waals surface area contributed by atoms with Crippen LogP contribution < -0.4 is 9.47 Å². The number of rotatable bonds is 1. The van der Waals surface area contributed by atoms with Gasteiger partial charge in [0.15, 0.2) is 17.3 Å². The first-order valence-corrected chi connectivity index (χ1v) is 10.1. The predicted octanol–water partition coefficient (Wildman–Crippen LogP) is 3.39. The second kappa shape index (κ2) is 5.96. The van der Waals surface area contributed by atoms with Gasteiger partial charge in [-0.15, -0.1) is 0 Å². The van der Waals surface area contributed by atoms with E-state index in [1.165, 1.54) is 11.1 Å². The summed E-state index contributed by atoms with van der Waals surface area (Å²) in [4.78, 5) is 2.38. The van der Waals surface area contributed by atoms with Gasteiger partial charge in [-0.1, -0.05) is 22.0 Å². The summed E-state index contributed by atoms with van der Waals surface area (Å²) in [5.41, 5.74) is 2.45. The highest BCUT2D eigenvalue weighted by Gasteiger charge is 2.56. The molecular weight excluding hydrogens is 398 g/mol. The molecule has 0 saturated carbocycles. The van der Waals surface area contributed by atoms with E-state index in [0.717, 1.165) is 41.9 Å². The average Bonchev–Trinajstić information content (AvgIpc) is 3.19. The molecule has 2 unspecified atom stereocenters. The van der Waals surface area contributed by atoms with Crippen LogP contribution >= 0.6 is 15.9 Å². The van der Waals surface area contributed by atoms with Crippen LogP contribution in [0.25, 0.3) is 0 Å². The summed E-state index contributed by atoms with van der Waals surface area (Å²) in [7, 11) is 3.89. The third-order valence-corrected chi connectivity index (χ3v) is 6.97. The van der Waals surface area contributed by atoms with Gasteiger partial charge in [-0.2, -0.15) is 0 Å². The molecule has 4 aliphatic rings. The molecule has 1 aromatic carbocycles. The van der Waals surface area contributed by atoms with E-state index in [2.05, 4.69) is 40.0 Å². The molecule has 5 rings (SSSR count). The van der Waals surface area contributed by atoms with Crippen molar-refractivity contribution in [3.63, 3.8) is 0 Å². The molecule has 2 spiro atoms. The molecule has 0 amide bonds. The van der Waals surface area contributed by atoms with Crippen LogP contribution in [0.4, 0.5) is 0 Å². The molecule has 0 aromatic heterocycles. The maximum atomic E-state index is 6.56. The molecule has 26 heavy (non-hydrogen) atoms. The summed E-state index contributed by atoms with van der Waals surface area (Å²) in [6.07, 6.45) is 7.34. The van der Waals surface area contributed by atoms with Crippen molar-refractivity contribution in [3.8, 4) is 11.5 Å². The number of ether oxygens (including phenoxy) is 4. The maximum Gasteiger partial charge on any atom is 0.191 e. The molecule has 6 heteroatoms. The second-order valence-electron chi connectivity index (χ2n) is 7.78. The Bertz CT molecular complexity index is 774. The minimum atomic E-state index is -0.623. The molecule has 1 aliphatic carbocycles. The number of halogens is 1. The summed E-state index contributed by atoms with van der Waals surface area (Å²) in [6, 6.07) is 2.04. The van der Waals surface area contributed by atoms with Crippen LogP contribution in [0.15, 0.2) is 22.7 Å². The van der Waals surface area contributed by atoms with Gasteiger partial charge in [-0.3, -0.25) is 0 Å². The lowest BCUT2D eigenvalue weighted by molar-refractivity contribution is -0.145. The van der Waals surface area contributed by atoms with E-state index in [0.29, 0.717) is 19.6 Å². The van der Waals surface area contributed by atoms with Crippen molar-refractivity contribution < 1.29 is 18.9 Å². The van der Waals surface area contributed by atoms with E-state index < -0.39 is 5.79 Å². The Labute approximate surface area is 162 Å². The molecule has 5 nitrogen and oxygen atoms in total. The minimum absolute atomic E-state index is 0.00551. The average molecular weight is 422 g/mol. The third-order valence-electron chi connectivity index (χ3n) is 6.26. The number of hydrogen-bond donors (Lipinski definition) is 0. The lowest BCUT2D eigenvalue weighted by Crippen LogP contribution is -2.48. The normalized spacial score (nSPS) is 31.9. The highest BCUT2D eigenvalue weighted by Crippen LogP contribution is 2.58. The first-order valence-electron chi connectivity index (χ1n) is 9.30. The first-order chi connectivity index (χ1) is 12.6. The van der Waals surface area contributed by atoms with Crippen LogP contribution in [-0.4, -0.2) is 50.7 Å². The van der Waals surface area contributed by atoms with Crippen molar-refractivity contribution in [2.24, 2.45) is 0 Å². The number of methoxy groups -OCH3 is 1. The molecule has 0 bridgehead atoms. The van der Waals surface area contributed by atoms with Crippen molar-refractivity contribution in [2.45, 2.75) is 43.1 Å². The van der Waals surface area contributed by atoms with Gasteiger partial charge in [0.1, 0.15) is 6.10 Å². The number of hydrogen-bond acceptors (Lipinski definition) is 5. The molecule has 1 aromatic rings. The largest absolute Gasteiger partial charge is 0.493 e. The van der Waals surface area contributed by atoms with Gasteiger partial charge in [0.25, 0.3) is 0 Å². The highest BCUT2D eigenvalue weighted by molar-refractivity contribution is 9.10. The summed E-state index contributed by atoms with van der Waals surface area (Å²) < 4.78 is 25.2. The van der Waals surface area contributed by atoms with Crippen molar-refractivity contribution in [3.05, 3.63) is 33.8 Å². The van der Waals surface area contributed by atoms with E-state index in [9.17, 15) is 0 Å². The van der Waals surface area contributed by atoms with Gasteiger partial charge in [0, 0.05) is 23.0 Å². The van der Waals surface area contributed by atoms with E-state index in [4.69, 9.17) is 18.9 Å². The molecule has 1 fully saturated rings. The van der Waals surface area contributed by atoms with Crippen LogP contribution in [0.1, 0.15) is 30.4 Å². The minimum Gasteiger partial charge on any atom is -0.493 e. The predicted molar refractivity (Wildman–Crippen MR) is 101 cm³/mol. The summed E-state index contributed by atoms with van der Waals surface area (Å²) in [5.74, 6) is 1.07. The van der Waals surface area contributed by atoms with Crippen molar-refractivity contribution in [1.82, 2.24) is 4.90 Å². The van der Waals surface area contributed by atoms with Crippen LogP contribution in [0.2, 0.25) is 0 Å². The number of nitrogens with zero attached hydrogens (tertiary/aromatic N) is 1. The van der Waals surface area contributed by atoms with Crippen LogP contribution in [0, 0.1) is 0 Å². The molecule has 1 saturated heterocycles. The monoisotopic (exact) mass is 421 g/mol. The Morgan fingerprint density at radius 1 is 1.27 bits per heavy atom. The Morgan fingerprint density at radius 2 is 2.08 bits per heavy atom. The van der Waals surface area contributed by atoms with E-state index in [1.54, 1.807) is 7.11 Å². The van der Waals surface area contributed by atoms with E-state index in [1.807, 2.05) is 6.07 Å². The summed E-state index contributed by atoms with van der Waals surface area (Å²) in [5, 5.41) is 0. The topological polar surface area (TPSA) is 40.2 Å². The van der Waals surface area contributed by atoms with Gasteiger partial charge in [0.05, 0.1) is 25.7 Å². The molecule has 0 N–H and O–H groups in total. The first kappa shape index (κ1) is 17.0. The lowest BCUT2D eigenvalue weighted by Gasteiger charge is -2.42. The lowest BCUT2D eigenvalue weighted by atomic mass is 9.67. The standard InChI is InChI=1S/C20H24BrNO4/c1-22-7-3-4-19-5-6-20(24-8-9-25-20)11-16(19)26-18-15(23-2)10-14(21)13(12-22)17(18)19/h5-6,10,16H,3-4,7-9,11-12H2,1-2H3. The summed E-state index contributed by atoms with van der Waals surface area (Å²) >= 11 is 3.79. The SMILES string of the molecule is COc1cc(Br)c2c3c1OC1CC4(C=CC31CCCN(C)C2)OCCO4. The Morgan fingerprint density at radius 3 is 2.85 bits per heavy atom. The van der Waals surface area contributed by atoms with E-state index in [-0.39, 0.29) is 11.5 Å². The zero-order valence-corrected chi connectivity index (χ0v) is 16.8. The molecular formula is C20H24BrNO4. The maximum absolute atomic E-state index is 6.56. The third kappa shape index (κ3) is 2.32. The van der Waals surface area contributed by atoms with Crippen LogP contribution in [0.3, 0.4) is 0 Å². The van der Waals surface area contributed by atoms with Gasteiger partial charge >= 0.3 is 0 Å². The molecule has 3 aliphatic heterocycles. The summed E-state index contributed by atoms with van der Waals surface area (Å²) in [6.45, 7) is 3.26. The Hall–Kier alpha value is -1.08. The highest BCUT2D eigenvalue weighted by atomic mass is 79.9. The molecule has 3 heterocycles. The van der Waals surface area contributed by atoms with Crippen molar-refractivity contribution >= 4 is 15.9 Å². The second-order valence-corrected chi connectivity index (χ2v) is 8.63. The fourth-order valence-electron chi connectivity index (χ4n) is 5.03. The Balaban J connectivity index is 1.71. The molecule has 140 valence electrons. The molecule has 0 radical (unpaired) electrons. The van der Waals surface area contributed by atoms with E-state index >= 15 is 0 Å². The smallest absolute Gasteiger partial charge is 0.191 e. The van der Waals surface area contributed by atoms with Gasteiger partial charge in [-0.05, 0) is 44.1 Å². The molecule has 2 atom stereocenters.